The molecule has 0 saturated carbocycles. The summed E-state index contributed by atoms with van der Waals surface area (Å²) >= 11 is 4.48. The highest BCUT2D eigenvalue weighted by atomic mass is 32.5. The Morgan fingerprint density at radius 2 is 2.19 bits per heavy atom. The van der Waals surface area contributed by atoms with Crippen LogP contribution in [0.1, 0.15) is 18.2 Å². The molecule has 150 valence electrons. The lowest BCUT2D eigenvalue weighted by Crippen LogP contribution is -2.33. The van der Waals surface area contributed by atoms with Crippen LogP contribution < -0.4 is 11.2 Å². The highest BCUT2D eigenvalue weighted by Crippen LogP contribution is 2.58. The van der Waals surface area contributed by atoms with Crippen molar-refractivity contribution in [3.63, 3.8) is 0 Å². The number of nitrogens with zero attached hydrogens (tertiary/aromatic N) is 4. The molecule has 0 amide bonds. The Labute approximate surface area is 155 Å². The molecule has 1 unspecified atom stereocenters. The van der Waals surface area contributed by atoms with E-state index in [9.17, 15) is 19.0 Å². The average molecular weight is 443 g/mol. The maximum atomic E-state index is 12.0. The summed E-state index contributed by atoms with van der Waals surface area (Å²) in [5, 5.41) is 3.52. The molecule has 1 aliphatic rings. The second-order valence-electron chi connectivity index (χ2n) is 5.45. The minimum Gasteiger partial charge on any atom is -0.352 e. The Morgan fingerprint density at radius 1 is 1.52 bits per heavy atom. The number of nitrogens with one attached hydrogen (secondary N) is 1. The third-order valence-corrected chi connectivity index (χ3v) is 6.54. The number of hydrogen-bond donors (Lipinski definition) is 4. The van der Waals surface area contributed by atoms with Gasteiger partial charge in [-0.05, 0) is 24.3 Å². The van der Waals surface area contributed by atoms with Crippen molar-refractivity contribution in [1.82, 2.24) is 9.55 Å². The van der Waals surface area contributed by atoms with Crippen molar-refractivity contribution in [1.29, 1.82) is 0 Å². The Balaban J connectivity index is 2.18. The molecule has 0 radical (unpaired) electrons. The van der Waals surface area contributed by atoms with Crippen molar-refractivity contribution >= 4 is 26.3 Å². The fraction of sp³-hybridized carbons (Fsp3) is 0.600. The second kappa shape index (κ2) is 8.33. The van der Waals surface area contributed by atoms with Crippen molar-refractivity contribution in [3.05, 3.63) is 43.0 Å². The lowest BCUT2D eigenvalue weighted by molar-refractivity contribution is -0.0242. The molecule has 1 aromatic rings. The Morgan fingerprint density at radius 3 is 2.78 bits per heavy atom. The van der Waals surface area contributed by atoms with Gasteiger partial charge in [0.25, 0.3) is 5.56 Å². The smallest absolute Gasteiger partial charge is 0.352 e. The van der Waals surface area contributed by atoms with E-state index in [0.29, 0.717) is 0 Å². The normalized spacial score (nSPS) is 25.0. The molecule has 27 heavy (non-hydrogen) atoms. The number of aromatic amines is 1. The van der Waals surface area contributed by atoms with Crippen LogP contribution in [0.2, 0.25) is 0 Å². The molecule has 0 aromatic carbocycles. The lowest BCUT2D eigenvalue weighted by atomic mass is 10.1. The number of hydrogen-bond acceptors (Lipinski definition) is 8. The zero-order valence-electron chi connectivity index (χ0n) is 13.6. The Bertz CT molecular complexity index is 967. The maximum Gasteiger partial charge on any atom is 0.476 e. The number of aromatic nitrogens is 2. The van der Waals surface area contributed by atoms with Crippen LogP contribution in [0, 0.1) is 6.92 Å². The fourth-order valence-electron chi connectivity index (χ4n) is 2.35. The number of phosphoric acid groups is 1. The summed E-state index contributed by atoms with van der Waals surface area (Å²) in [6.45, 7) is -3.33. The van der Waals surface area contributed by atoms with E-state index in [-0.39, 0.29) is 12.0 Å². The van der Waals surface area contributed by atoms with Gasteiger partial charge in [0.15, 0.2) is 0 Å². The summed E-state index contributed by atoms with van der Waals surface area (Å²) in [5.74, 6) is 0. The SMILES string of the molecule is Cc1cn([C@H]2C[C@H](N=[N+]=[N-])[C@@H](COP(O)(=S)OP(=O)(O)O)O2)c(=O)[nH]c1=O. The van der Waals surface area contributed by atoms with Gasteiger partial charge in [0.1, 0.15) is 6.23 Å². The van der Waals surface area contributed by atoms with Crippen LogP contribution in [-0.4, -0.2) is 43.0 Å². The van der Waals surface area contributed by atoms with E-state index in [2.05, 4.69) is 31.1 Å². The van der Waals surface area contributed by atoms with Gasteiger partial charge in [-0.1, -0.05) is 5.11 Å². The standard InChI is InChI=1S/C10H15N5O9P2S/c1-5-3-15(10(17)12-9(5)16)8-2-6(13-14-11)7(23-8)4-22-26(21,27)24-25(18,19)20/h3,6-8H,2,4H2,1H3,(H,21,27)(H,12,16,17)(H2,18,19,20)/t6-,7+,8+,26?/m0/s1. The molecule has 1 aromatic heterocycles. The zero-order chi connectivity index (χ0) is 20.4. The van der Waals surface area contributed by atoms with Crippen molar-refractivity contribution < 1.29 is 32.8 Å². The van der Waals surface area contributed by atoms with Gasteiger partial charge in [-0.15, -0.1) is 0 Å². The molecule has 0 bridgehead atoms. The molecule has 1 fully saturated rings. The maximum absolute atomic E-state index is 12.0. The first-order valence-electron chi connectivity index (χ1n) is 7.18. The molecule has 1 saturated heterocycles. The Hall–Kier alpha value is -1.37. The van der Waals surface area contributed by atoms with Crippen LogP contribution in [0.25, 0.3) is 10.4 Å². The monoisotopic (exact) mass is 443 g/mol. The predicted octanol–water partition coefficient (Wildman–Crippen LogP) is 0.154. The summed E-state index contributed by atoms with van der Waals surface area (Å²) in [5.41, 5.74) is 7.62. The van der Waals surface area contributed by atoms with Crippen LogP contribution in [0.5, 0.6) is 0 Å². The van der Waals surface area contributed by atoms with Crippen LogP contribution in [0.4, 0.5) is 0 Å². The summed E-state index contributed by atoms with van der Waals surface area (Å²) < 4.78 is 26.3. The third-order valence-electron chi connectivity index (χ3n) is 3.47. The number of ether oxygens (including phenoxy) is 1. The van der Waals surface area contributed by atoms with Crippen molar-refractivity contribution in [2.24, 2.45) is 5.11 Å². The van der Waals surface area contributed by atoms with E-state index < -0.39 is 50.8 Å². The molecule has 2 rings (SSSR count). The molecule has 0 spiro atoms. The zero-order valence-corrected chi connectivity index (χ0v) is 16.2. The van der Waals surface area contributed by atoms with Crippen molar-refractivity contribution in [2.75, 3.05) is 6.61 Å². The number of rotatable bonds is 7. The molecule has 0 aliphatic carbocycles. The number of aryl methyl sites for hydroxylation is 1. The highest BCUT2D eigenvalue weighted by Gasteiger charge is 2.38. The van der Waals surface area contributed by atoms with E-state index in [1.165, 1.54) is 13.1 Å². The minimum absolute atomic E-state index is 0.0388. The fourth-order valence-corrected chi connectivity index (χ4v) is 4.91. The van der Waals surface area contributed by atoms with Crippen molar-refractivity contribution in [3.8, 4) is 0 Å². The molecule has 4 N–H and O–H groups in total. The number of azide groups is 1. The molecule has 14 nitrogen and oxygen atoms in total. The van der Waals surface area contributed by atoms with Gasteiger partial charge in [0.05, 0.1) is 18.8 Å². The summed E-state index contributed by atoms with van der Waals surface area (Å²) in [6.07, 6.45) is -0.608. The minimum atomic E-state index is -5.08. The van der Waals surface area contributed by atoms with Gasteiger partial charge in [0.2, 0.25) is 0 Å². The molecule has 4 atom stereocenters. The molecule has 17 heteroatoms. The van der Waals surface area contributed by atoms with E-state index in [0.717, 1.165) is 4.57 Å². The quantitative estimate of drug-likeness (QED) is 0.194. The molecule has 1 aliphatic heterocycles. The molecular formula is C10H15N5O9P2S. The van der Waals surface area contributed by atoms with Crippen LogP contribution in [0.15, 0.2) is 20.9 Å². The van der Waals surface area contributed by atoms with Gasteiger partial charge in [-0.3, -0.25) is 14.3 Å². The first kappa shape index (κ1) is 21.9. The van der Waals surface area contributed by atoms with Crippen molar-refractivity contribution in [2.45, 2.75) is 31.7 Å². The van der Waals surface area contributed by atoms with E-state index in [4.69, 9.17) is 24.6 Å². The van der Waals surface area contributed by atoms with Gasteiger partial charge in [-0.25, -0.2) is 13.7 Å². The van der Waals surface area contributed by atoms with Crippen LogP contribution >= 0.6 is 14.5 Å². The van der Waals surface area contributed by atoms with E-state index in [1.807, 2.05) is 0 Å². The summed E-state index contributed by atoms with van der Waals surface area (Å²) in [4.78, 5) is 55.2. The molecule has 2 heterocycles. The molecular weight excluding hydrogens is 428 g/mol. The van der Waals surface area contributed by atoms with E-state index in [1.54, 1.807) is 0 Å². The Kier molecular flexibility index (Phi) is 6.77. The topological polar surface area (TPSA) is 209 Å². The van der Waals surface area contributed by atoms with Crippen LogP contribution in [0.3, 0.4) is 0 Å². The third kappa shape index (κ3) is 6.06. The van der Waals surface area contributed by atoms with Gasteiger partial charge >= 0.3 is 20.2 Å². The highest BCUT2D eigenvalue weighted by molar-refractivity contribution is 8.08. The lowest BCUT2D eigenvalue weighted by Gasteiger charge is -2.20. The first-order chi connectivity index (χ1) is 12.4. The first-order valence-corrected chi connectivity index (χ1v) is 11.3. The van der Waals surface area contributed by atoms with Gasteiger partial charge < -0.3 is 23.9 Å². The summed E-state index contributed by atoms with van der Waals surface area (Å²) in [7, 11) is -5.08. The number of H-pyrrole nitrogens is 1. The van der Waals surface area contributed by atoms with Crippen LogP contribution in [-0.2, 0) is 29.9 Å². The summed E-state index contributed by atoms with van der Waals surface area (Å²) in [6, 6.07) is -0.843. The average Bonchev–Trinajstić information content (AvgIpc) is 2.90. The van der Waals surface area contributed by atoms with E-state index >= 15 is 0 Å². The largest absolute Gasteiger partial charge is 0.476 e. The van der Waals surface area contributed by atoms with Gasteiger partial charge in [-0.2, -0.15) is 0 Å². The predicted molar refractivity (Wildman–Crippen MR) is 93.1 cm³/mol. The second-order valence-corrected chi connectivity index (χ2v) is 9.67. The van der Waals surface area contributed by atoms with Gasteiger partial charge in [0, 0.05) is 23.1 Å².